The Morgan fingerprint density at radius 1 is 1.03 bits per heavy atom. The molecule has 0 aliphatic carbocycles. The third kappa shape index (κ3) is 5.08. The smallest absolute Gasteiger partial charge is 0.255 e. The van der Waals surface area contributed by atoms with Gasteiger partial charge in [-0.1, -0.05) is 35.9 Å². The van der Waals surface area contributed by atoms with Crippen molar-refractivity contribution in [3.63, 3.8) is 0 Å². The zero-order valence-corrected chi connectivity index (χ0v) is 17.6. The number of rotatable bonds is 5. The molecule has 6 nitrogen and oxygen atoms in total. The summed E-state index contributed by atoms with van der Waals surface area (Å²) in [6, 6.07) is 14.4. The number of hydrogen-bond donors (Lipinski definition) is 1. The number of amides is 2. The standard InChI is InChI=1S/C22H27ClN4O2/c1-25(2)21(28)18-5-3-4-6-20(18)26-11-13-27(14-12-26)22(29)19(24)15-16-7-9-17(23)10-8-16/h3-10,19H,11-15,24H2,1-2H3/t19-/m1/s1. The SMILES string of the molecule is CN(C)C(=O)c1ccccc1N1CCN(C(=O)[C@H](N)Cc2ccc(Cl)cc2)CC1. The highest BCUT2D eigenvalue weighted by Gasteiger charge is 2.27. The number of carbonyl (C=O) groups is 2. The van der Waals surface area contributed by atoms with E-state index in [1.165, 1.54) is 0 Å². The van der Waals surface area contributed by atoms with Gasteiger partial charge in [0.15, 0.2) is 0 Å². The van der Waals surface area contributed by atoms with E-state index in [-0.39, 0.29) is 11.8 Å². The fourth-order valence-electron chi connectivity index (χ4n) is 3.54. The molecule has 1 heterocycles. The van der Waals surface area contributed by atoms with Crippen molar-refractivity contribution < 1.29 is 9.59 Å². The van der Waals surface area contributed by atoms with E-state index in [2.05, 4.69) is 4.90 Å². The van der Waals surface area contributed by atoms with E-state index in [1.807, 2.05) is 41.3 Å². The maximum Gasteiger partial charge on any atom is 0.255 e. The number of piperazine rings is 1. The average Bonchev–Trinajstić information content (AvgIpc) is 2.74. The van der Waals surface area contributed by atoms with Crippen LogP contribution in [-0.2, 0) is 11.2 Å². The molecule has 2 aromatic carbocycles. The van der Waals surface area contributed by atoms with Gasteiger partial charge < -0.3 is 20.4 Å². The molecule has 0 bridgehead atoms. The highest BCUT2D eigenvalue weighted by molar-refractivity contribution is 6.30. The van der Waals surface area contributed by atoms with Gasteiger partial charge in [-0.3, -0.25) is 9.59 Å². The third-order valence-corrected chi connectivity index (χ3v) is 5.41. The van der Waals surface area contributed by atoms with Crippen molar-refractivity contribution in [3.8, 4) is 0 Å². The first kappa shape index (κ1) is 21.1. The van der Waals surface area contributed by atoms with E-state index in [4.69, 9.17) is 17.3 Å². The largest absolute Gasteiger partial charge is 0.367 e. The number of carbonyl (C=O) groups excluding carboxylic acids is 2. The van der Waals surface area contributed by atoms with Crippen molar-refractivity contribution in [2.24, 2.45) is 5.73 Å². The van der Waals surface area contributed by atoms with Crippen molar-refractivity contribution in [1.82, 2.24) is 9.80 Å². The van der Waals surface area contributed by atoms with Crippen LogP contribution >= 0.6 is 11.6 Å². The van der Waals surface area contributed by atoms with Gasteiger partial charge in [0.1, 0.15) is 0 Å². The first-order valence-electron chi connectivity index (χ1n) is 9.71. The summed E-state index contributed by atoms with van der Waals surface area (Å²) in [7, 11) is 3.50. The van der Waals surface area contributed by atoms with Gasteiger partial charge in [0.05, 0.1) is 11.6 Å². The molecule has 1 aliphatic rings. The normalized spacial score (nSPS) is 15.2. The number of hydrogen-bond acceptors (Lipinski definition) is 4. The van der Waals surface area contributed by atoms with Gasteiger partial charge in [-0.05, 0) is 36.2 Å². The molecule has 29 heavy (non-hydrogen) atoms. The Morgan fingerprint density at radius 2 is 1.66 bits per heavy atom. The van der Waals surface area contributed by atoms with Gasteiger partial charge in [0.2, 0.25) is 5.91 Å². The number of para-hydroxylation sites is 1. The maximum absolute atomic E-state index is 12.8. The molecular formula is C22H27ClN4O2. The fraction of sp³-hybridized carbons (Fsp3) is 0.364. The average molecular weight is 415 g/mol. The predicted molar refractivity (Wildman–Crippen MR) is 116 cm³/mol. The van der Waals surface area contributed by atoms with E-state index in [1.54, 1.807) is 31.1 Å². The Morgan fingerprint density at radius 3 is 2.28 bits per heavy atom. The highest BCUT2D eigenvalue weighted by atomic mass is 35.5. The molecular weight excluding hydrogens is 388 g/mol. The van der Waals surface area contributed by atoms with Crippen molar-refractivity contribution in [2.75, 3.05) is 45.2 Å². The molecule has 7 heteroatoms. The Hall–Kier alpha value is -2.57. The molecule has 0 spiro atoms. The monoisotopic (exact) mass is 414 g/mol. The Balaban J connectivity index is 1.61. The van der Waals surface area contributed by atoms with Gasteiger partial charge in [0, 0.05) is 51.0 Å². The second kappa shape index (κ2) is 9.29. The van der Waals surface area contributed by atoms with Crippen LogP contribution in [0.2, 0.25) is 5.02 Å². The molecule has 0 unspecified atom stereocenters. The van der Waals surface area contributed by atoms with Crippen LogP contribution in [0.1, 0.15) is 15.9 Å². The van der Waals surface area contributed by atoms with Gasteiger partial charge in [-0.2, -0.15) is 0 Å². The Labute approximate surface area is 176 Å². The van der Waals surface area contributed by atoms with Gasteiger partial charge >= 0.3 is 0 Å². The summed E-state index contributed by atoms with van der Waals surface area (Å²) in [5, 5.41) is 0.665. The minimum atomic E-state index is -0.578. The molecule has 154 valence electrons. The second-order valence-electron chi connectivity index (χ2n) is 7.47. The lowest BCUT2D eigenvalue weighted by Gasteiger charge is -2.38. The summed E-state index contributed by atoms with van der Waals surface area (Å²) in [5.74, 6) is -0.0682. The lowest BCUT2D eigenvalue weighted by molar-refractivity contribution is -0.132. The van der Waals surface area contributed by atoms with Crippen LogP contribution in [0, 0.1) is 0 Å². The number of nitrogens with two attached hydrogens (primary N) is 1. The molecule has 0 aromatic heterocycles. The summed E-state index contributed by atoms with van der Waals surface area (Å²) in [5.41, 5.74) is 8.75. The van der Waals surface area contributed by atoms with Crippen LogP contribution in [-0.4, -0.2) is 67.9 Å². The van der Waals surface area contributed by atoms with Crippen LogP contribution in [0.4, 0.5) is 5.69 Å². The minimum absolute atomic E-state index is 0.0240. The summed E-state index contributed by atoms with van der Waals surface area (Å²) >= 11 is 5.91. The maximum atomic E-state index is 12.8. The fourth-order valence-corrected chi connectivity index (χ4v) is 3.66. The first-order chi connectivity index (χ1) is 13.9. The zero-order valence-electron chi connectivity index (χ0n) is 16.8. The lowest BCUT2D eigenvalue weighted by Crippen LogP contribution is -2.54. The quantitative estimate of drug-likeness (QED) is 0.814. The van der Waals surface area contributed by atoms with Crippen molar-refractivity contribution in [3.05, 3.63) is 64.7 Å². The number of benzene rings is 2. The van der Waals surface area contributed by atoms with Crippen LogP contribution < -0.4 is 10.6 Å². The molecule has 3 rings (SSSR count). The van der Waals surface area contributed by atoms with Crippen LogP contribution in [0.5, 0.6) is 0 Å². The van der Waals surface area contributed by atoms with Gasteiger partial charge in [-0.25, -0.2) is 0 Å². The van der Waals surface area contributed by atoms with Crippen molar-refractivity contribution in [1.29, 1.82) is 0 Å². The summed E-state index contributed by atoms with van der Waals surface area (Å²) in [4.78, 5) is 30.8. The molecule has 0 radical (unpaired) electrons. The predicted octanol–water partition coefficient (Wildman–Crippen LogP) is 2.26. The molecule has 2 amide bonds. The third-order valence-electron chi connectivity index (χ3n) is 5.16. The zero-order chi connectivity index (χ0) is 21.0. The molecule has 1 aliphatic heterocycles. The van der Waals surface area contributed by atoms with Crippen LogP contribution in [0.3, 0.4) is 0 Å². The second-order valence-corrected chi connectivity index (χ2v) is 7.90. The minimum Gasteiger partial charge on any atom is -0.367 e. The lowest BCUT2D eigenvalue weighted by atomic mass is 10.0. The molecule has 1 fully saturated rings. The number of nitrogens with zero attached hydrogens (tertiary/aromatic N) is 3. The number of halogens is 1. The molecule has 1 atom stereocenters. The van der Waals surface area contributed by atoms with E-state index in [0.717, 1.165) is 11.3 Å². The summed E-state index contributed by atoms with van der Waals surface area (Å²) in [6.45, 7) is 2.49. The Kier molecular flexibility index (Phi) is 6.77. The van der Waals surface area contributed by atoms with Gasteiger partial charge in [-0.15, -0.1) is 0 Å². The molecule has 1 saturated heterocycles. The van der Waals surface area contributed by atoms with E-state index >= 15 is 0 Å². The van der Waals surface area contributed by atoms with Crippen LogP contribution in [0.15, 0.2) is 48.5 Å². The van der Waals surface area contributed by atoms with Gasteiger partial charge in [0.25, 0.3) is 5.91 Å². The Bertz CT molecular complexity index is 861. The van der Waals surface area contributed by atoms with Crippen molar-refractivity contribution in [2.45, 2.75) is 12.5 Å². The highest BCUT2D eigenvalue weighted by Crippen LogP contribution is 2.23. The molecule has 2 N–H and O–H groups in total. The summed E-state index contributed by atoms with van der Waals surface area (Å²) in [6.07, 6.45) is 0.483. The van der Waals surface area contributed by atoms with Crippen molar-refractivity contribution >= 4 is 29.1 Å². The van der Waals surface area contributed by atoms with E-state index < -0.39 is 6.04 Å². The molecule has 0 saturated carbocycles. The number of anilines is 1. The molecule has 2 aromatic rings. The topological polar surface area (TPSA) is 69.9 Å². The summed E-state index contributed by atoms with van der Waals surface area (Å²) < 4.78 is 0. The van der Waals surface area contributed by atoms with E-state index in [0.29, 0.717) is 43.2 Å². The van der Waals surface area contributed by atoms with E-state index in [9.17, 15) is 9.59 Å². The van der Waals surface area contributed by atoms with Crippen LogP contribution in [0.25, 0.3) is 0 Å². The first-order valence-corrected chi connectivity index (χ1v) is 10.1.